The third-order valence-corrected chi connectivity index (χ3v) is 4.50. The molecule has 0 bridgehead atoms. The van der Waals surface area contributed by atoms with Crippen LogP contribution >= 0.6 is 15.9 Å². The van der Waals surface area contributed by atoms with E-state index in [1.165, 1.54) is 25.5 Å². The topological polar surface area (TPSA) is 53.2 Å². The number of aryl methyl sites for hydroxylation is 1. The van der Waals surface area contributed by atoms with Crippen LogP contribution in [0.5, 0.6) is 0 Å². The van der Waals surface area contributed by atoms with Gasteiger partial charge < -0.3 is 9.88 Å². The summed E-state index contributed by atoms with van der Waals surface area (Å²) in [5.41, 5.74) is 0.698. The predicted octanol–water partition coefficient (Wildman–Crippen LogP) is 2.32. The standard InChI is InChI=1S/C13H17BrN2O2/c1-8-11(14)12(17)10(6-15-8)13(18)16(2)7-9-4-3-5-9/h6,9H,3-5,7H2,1-2H3,(H,15,17). The fourth-order valence-corrected chi connectivity index (χ4v) is 2.44. The zero-order valence-corrected chi connectivity index (χ0v) is 12.2. The Morgan fingerprint density at radius 2 is 2.22 bits per heavy atom. The molecule has 0 saturated heterocycles. The van der Waals surface area contributed by atoms with Crippen molar-refractivity contribution >= 4 is 21.8 Å². The second-order valence-electron chi connectivity index (χ2n) is 4.95. The first kappa shape index (κ1) is 13.3. The Balaban J connectivity index is 2.17. The van der Waals surface area contributed by atoms with Crippen LogP contribution < -0.4 is 5.43 Å². The monoisotopic (exact) mass is 312 g/mol. The SMILES string of the molecule is Cc1[nH]cc(C(=O)N(C)CC2CCC2)c(=O)c1Br. The molecule has 0 atom stereocenters. The second-order valence-corrected chi connectivity index (χ2v) is 5.75. The van der Waals surface area contributed by atoms with Crippen LogP contribution in [-0.2, 0) is 0 Å². The number of hydrogen-bond acceptors (Lipinski definition) is 2. The number of nitrogens with one attached hydrogen (secondary N) is 1. The smallest absolute Gasteiger partial charge is 0.259 e. The first-order valence-corrected chi connectivity index (χ1v) is 6.93. The van der Waals surface area contributed by atoms with Crippen LogP contribution in [0.1, 0.15) is 35.3 Å². The lowest BCUT2D eigenvalue weighted by Gasteiger charge is -2.30. The molecule has 1 aliphatic rings. The number of carbonyl (C=O) groups excluding carboxylic acids is 1. The van der Waals surface area contributed by atoms with Gasteiger partial charge in [0.05, 0.1) is 4.47 Å². The summed E-state index contributed by atoms with van der Waals surface area (Å²) in [7, 11) is 1.76. The number of amides is 1. The van der Waals surface area contributed by atoms with Crippen molar-refractivity contribution in [3.8, 4) is 0 Å². The van der Waals surface area contributed by atoms with Gasteiger partial charge in [-0.15, -0.1) is 0 Å². The van der Waals surface area contributed by atoms with Gasteiger partial charge in [0, 0.05) is 25.5 Å². The maximum absolute atomic E-state index is 12.2. The fourth-order valence-electron chi connectivity index (χ4n) is 2.11. The molecule has 1 amide bonds. The molecule has 4 nitrogen and oxygen atoms in total. The molecule has 18 heavy (non-hydrogen) atoms. The number of hydrogen-bond donors (Lipinski definition) is 1. The number of halogens is 1. The average molecular weight is 313 g/mol. The number of rotatable bonds is 3. The predicted molar refractivity (Wildman–Crippen MR) is 73.8 cm³/mol. The zero-order valence-electron chi connectivity index (χ0n) is 10.6. The molecular weight excluding hydrogens is 296 g/mol. The number of H-pyrrole nitrogens is 1. The Morgan fingerprint density at radius 1 is 1.56 bits per heavy atom. The van der Waals surface area contributed by atoms with Crippen LogP contribution in [0.2, 0.25) is 0 Å². The first-order chi connectivity index (χ1) is 8.50. The van der Waals surface area contributed by atoms with Crippen molar-refractivity contribution in [3.05, 3.63) is 32.2 Å². The summed E-state index contributed by atoms with van der Waals surface area (Å²) in [6.07, 6.45) is 5.13. The summed E-state index contributed by atoms with van der Waals surface area (Å²) >= 11 is 3.21. The minimum atomic E-state index is -0.239. The molecule has 0 aromatic carbocycles. The van der Waals surface area contributed by atoms with E-state index in [1.807, 2.05) is 0 Å². The van der Waals surface area contributed by atoms with Crippen LogP contribution in [0.25, 0.3) is 0 Å². The van der Waals surface area contributed by atoms with Gasteiger partial charge in [0.15, 0.2) is 0 Å². The lowest BCUT2D eigenvalue weighted by Crippen LogP contribution is -2.36. The van der Waals surface area contributed by atoms with Crippen LogP contribution in [-0.4, -0.2) is 29.4 Å². The van der Waals surface area contributed by atoms with Gasteiger partial charge >= 0.3 is 0 Å². The third-order valence-electron chi connectivity index (χ3n) is 3.54. The van der Waals surface area contributed by atoms with Gasteiger partial charge in [-0.25, -0.2) is 0 Å². The highest BCUT2D eigenvalue weighted by Gasteiger charge is 2.23. The normalized spacial score (nSPS) is 15.3. The lowest BCUT2D eigenvalue weighted by atomic mass is 9.85. The molecule has 1 aromatic heterocycles. The molecule has 1 aromatic rings. The summed E-state index contributed by atoms with van der Waals surface area (Å²) in [4.78, 5) is 28.8. The van der Waals surface area contributed by atoms with E-state index in [0.29, 0.717) is 10.4 Å². The molecular formula is C13H17BrN2O2. The number of aromatic nitrogens is 1. The molecule has 1 saturated carbocycles. The Hall–Kier alpha value is -1.10. The highest BCUT2D eigenvalue weighted by Crippen LogP contribution is 2.27. The van der Waals surface area contributed by atoms with Crippen LogP contribution in [0.3, 0.4) is 0 Å². The van der Waals surface area contributed by atoms with Crippen molar-refractivity contribution in [2.24, 2.45) is 5.92 Å². The van der Waals surface area contributed by atoms with Crippen LogP contribution in [0.15, 0.2) is 15.5 Å². The van der Waals surface area contributed by atoms with Gasteiger partial charge in [-0.3, -0.25) is 9.59 Å². The van der Waals surface area contributed by atoms with Crippen molar-refractivity contribution in [3.63, 3.8) is 0 Å². The van der Waals surface area contributed by atoms with Gasteiger partial charge in [0.25, 0.3) is 5.91 Å². The first-order valence-electron chi connectivity index (χ1n) is 6.14. The minimum absolute atomic E-state index is 0.203. The molecule has 1 fully saturated rings. The van der Waals surface area contributed by atoms with Crippen LogP contribution in [0.4, 0.5) is 0 Å². The molecule has 0 unspecified atom stereocenters. The molecule has 5 heteroatoms. The summed E-state index contributed by atoms with van der Waals surface area (Å²) < 4.78 is 0.436. The Bertz CT molecular complexity index is 520. The van der Waals surface area contributed by atoms with E-state index in [2.05, 4.69) is 20.9 Å². The Kier molecular flexibility index (Phi) is 3.90. The van der Waals surface area contributed by atoms with Crippen molar-refractivity contribution in [2.75, 3.05) is 13.6 Å². The summed E-state index contributed by atoms with van der Waals surface area (Å²) in [6.45, 7) is 2.53. The van der Waals surface area contributed by atoms with Crippen molar-refractivity contribution in [2.45, 2.75) is 26.2 Å². The minimum Gasteiger partial charge on any atom is -0.363 e. The van der Waals surface area contributed by atoms with E-state index in [0.717, 1.165) is 12.2 Å². The van der Waals surface area contributed by atoms with E-state index < -0.39 is 0 Å². The van der Waals surface area contributed by atoms with Gasteiger partial charge in [-0.2, -0.15) is 0 Å². The number of carbonyl (C=O) groups is 1. The Morgan fingerprint density at radius 3 is 2.78 bits per heavy atom. The number of pyridine rings is 1. The van der Waals surface area contributed by atoms with Crippen LogP contribution in [0, 0.1) is 12.8 Å². The summed E-state index contributed by atoms with van der Waals surface area (Å²) in [6, 6.07) is 0. The van der Waals surface area contributed by atoms with E-state index in [4.69, 9.17) is 0 Å². The van der Waals surface area contributed by atoms with Gasteiger partial charge in [0.1, 0.15) is 5.56 Å². The van der Waals surface area contributed by atoms with Gasteiger partial charge in [0.2, 0.25) is 5.43 Å². The molecule has 1 aliphatic carbocycles. The molecule has 98 valence electrons. The Labute approximate surface area is 115 Å². The number of aromatic amines is 1. The van der Waals surface area contributed by atoms with E-state index in [9.17, 15) is 9.59 Å². The van der Waals surface area contributed by atoms with Crippen molar-refractivity contribution in [1.82, 2.24) is 9.88 Å². The molecule has 0 aliphatic heterocycles. The molecule has 2 rings (SSSR count). The molecule has 1 N–H and O–H groups in total. The van der Waals surface area contributed by atoms with E-state index in [-0.39, 0.29) is 16.9 Å². The fraction of sp³-hybridized carbons (Fsp3) is 0.538. The quantitative estimate of drug-likeness (QED) is 0.931. The van der Waals surface area contributed by atoms with Gasteiger partial charge in [-0.1, -0.05) is 6.42 Å². The maximum atomic E-state index is 12.2. The lowest BCUT2D eigenvalue weighted by molar-refractivity contribution is 0.0743. The highest BCUT2D eigenvalue weighted by molar-refractivity contribution is 9.10. The highest BCUT2D eigenvalue weighted by atomic mass is 79.9. The van der Waals surface area contributed by atoms with Crippen molar-refractivity contribution in [1.29, 1.82) is 0 Å². The van der Waals surface area contributed by atoms with Gasteiger partial charge in [-0.05, 0) is 41.6 Å². The molecule has 1 heterocycles. The number of nitrogens with zero attached hydrogens (tertiary/aromatic N) is 1. The molecule has 0 radical (unpaired) electrons. The summed E-state index contributed by atoms with van der Waals surface area (Å²) in [5.74, 6) is 0.399. The maximum Gasteiger partial charge on any atom is 0.259 e. The average Bonchev–Trinajstić information content (AvgIpc) is 2.30. The van der Waals surface area contributed by atoms with Crippen molar-refractivity contribution < 1.29 is 4.79 Å². The summed E-state index contributed by atoms with van der Waals surface area (Å²) in [5, 5.41) is 0. The second kappa shape index (κ2) is 5.26. The third kappa shape index (κ3) is 2.51. The molecule has 0 spiro atoms. The largest absolute Gasteiger partial charge is 0.363 e. The van der Waals surface area contributed by atoms with E-state index in [1.54, 1.807) is 18.9 Å². The van der Waals surface area contributed by atoms with E-state index >= 15 is 0 Å². The zero-order chi connectivity index (χ0) is 13.3.